The van der Waals surface area contributed by atoms with Gasteiger partial charge >= 0.3 is 0 Å². The molecule has 3 nitrogen and oxygen atoms in total. The van der Waals surface area contributed by atoms with E-state index in [0.717, 1.165) is 30.0 Å². The number of pyridine rings is 1. The molecule has 1 aromatic rings. The van der Waals surface area contributed by atoms with E-state index in [0.29, 0.717) is 11.5 Å². The summed E-state index contributed by atoms with van der Waals surface area (Å²) in [6, 6.07) is 4.75. The van der Waals surface area contributed by atoms with E-state index in [-0.39, 0.29) is 0 Å². The van der Waals surface area contributed by atoms with Crippen LogP contribution in [0.3, 0.4) is 0 Å². The van der Waals surface area contributed by atoms with Crippen molar-refractivity contribution in [2.24, 2.45) is 5.41 Å². The summed E-state index contributed by atoms with van der Waals surface area (Å²) in [5.74, 6) is 1.11. The Balaban J connectivity index is 1.81. The minimum absolute atomic E-state index is 0.451. The van der Waals surface area contributed by atoms with Gasteiger partial charge in [-0.25, -0.2) is 4.98 Å². The summed E-state index contributed by atoms with van der Waals surface area (Å²) in [4.78, 5) is 6.99. The van der Waals surface area contributed by atoms with Gasteiger partial charge in [0, 0.05) is 36.5 Å². The lowest BCUT2D eigenvalue weighted by molar-refractivity contribution is 0.0128. The molecule has 3 heterocycles. The van der Waals surface area contributed by atoms with Crippen LogP contribution in [-0.4, -0.2) is 30.8 Å². The smallest absolute Gasteiger partial charge is 0.128 e. The molecule has 2 saturated heterocycles. The van der Waals surface area contributed by atoms with E-state index in [4.69, 9.17) is 4.74 Å². The standard InChI is InChI=1S/C14H19BrN2O/c1-11-14(5-8-18-9-6-14)4-7-17(11)13-3-2-12(15)10-16-13/h2-3,10-11H,4-9H2,1H3. The van der Waals surface area contributed by atoms with Crippen LogP contribution < -0.4 is 4.90 Å². The maximum atomic E-state index is 5.52. The third-order valence-corrected chi connectivity index (χ3v) is 5.17. The second-order valence-electron chi connectivity index (χ2n) is 5.43. The SMILES string of the molecule is CC1N(c2ccc(Br)cn2)CCC12CCOCC2. The number of aromatic nitrogens is 1. The Morgan fingerprint density at radius 3 is 2.78 bits per heavy atom. The predicted octanol–water partition coefficient (Wildman–Crippen LogP) is 3.24. The molecule has 3 rings (SSSR count). The molecule has 0 amide bonds. The van der Waals surface area contributed by atoms with Gasteiger partial charge in [-0.3, -0.25) is 0 Å². The molecule has 98 valence electrons. The third kappa shape index (κ3) is 2.05. The predicted molar refractivity (Wildman–Crippen MR) is 75.8 cm³/mol. The second kappa shape index (κ2) is 4.82. The van der Waals surface area contributed by atoms with Crippen molar-refractivity contribution in [1.29, 1.82) is 0 Å². The van der Waals surface area contributed by atoms with Crippen molar-refractivity contribution in [2.75, 3.05) is 24.7 Å². The molecule has 0 aliphatic carbocycles. The first-order valence-corrected chi connectivity index (χ1v) is 7.47. The van der Waals surface area contributed by atoms with Crippen molar-refractivity contribution >= 4 is 21.7 Å². The van der Waals surface area contributed by atoms with Crippen molar-refractivity contribution < 1.29 is 4.74 Å². The Bertz CT molecular complexity index is 414. The molecular formula is C14H19BrN2O. The van der Waals surface area contributed by atoms with Crippen LogP contribution in [0.5, 0.6) is 0 Å². The lowest BCUT2D eigenvalue weighted by Crippen LogP contribution is -2.41. The lowest BCUT2D eigenvalue weighted by atomic mass is 9.74. The number of ether oxygens (including phenoxy) is 1. The van der Waals surface area contributed by atoms with Gasteiger partial charge in [0.25, 0.3) is 0 Å². The van der Waals surface area contributed by atoms with E-state index >= 15 is 0 Å². The first-order chi connectivity index (χ1) is 8.71. The summed E-state index contributed by atoms with van der Waals surface area (Å²) < 4.78 is 6.56. The highest BCUT2D eigenvalue weighted by molar-refractivity contribution is 9.10. The second-order valence-corrected chi connectivity index (χ2v) is 6.34. The van der Waals surface area contributed by atoms with Crippen LogP contribution in [0.4, 0.5) is 5.82 Å². The van der Waals surface area contributed by atoms with Crippen LogP contribution in [0.1, 0.15) is 26.2 Å². The maximum absolute atomic E-state index is 5.52. The highest BCUT2D eigenvalue weighted by atomic mass is 79.9. The Labute approximate surface area is 117 Å². The van der Waals surface area contributed by atoms with Gasteiger partial charge in [0.2, 0.25) is 0 Å². The zero-order chi connectivity index (χ0) is 12.6. The van der Waals surface area contributed by atoms with Crippen LogP contribution in [0.15, 0.2) is 22.8 Å². The van der Waals surface area contributed by atoms with Crippen LogP contribution in [0.2, 0.25) is 0 Å². The molecule has 1 atom stereocenters. The largest absolute Gasteiger partial charge is 0.381 e. The van der Waals surface area contributed by atoms with Gasteiger partial charge in [-0.15, -0.1) is 0 Å². The number of halogens is 1. The normalized spacial score (nSPS) is 26.8. The first kappa shape index (κ1) is 12.4. The van der Waals surface area contributed by atoms with Gasteiger partial charge in [-0.2, -0.15) is 0 Å². The van der Waals surface area contributed by atoms with Crippen LogP contribution in [0, 0.1) is 5.41 Å². The molecule has 0 radical (unpaired) electrons. The maximum Gasteiger partial charge on any atom is 0.128 e. The summed E-state index contributed by atoms with van der Waals surface area (Å²) in [6.45, 7) is 5.32. The van der Waals surface area contributed by atoms with E-state index in [1.807, 2.05) is 6.20 Å². The third-order valence-electron chi connectivity index (χ3n) is 4.70. The molecule has 0 aromatic carbocycles. The monoisotopic (exact) mass is 310 g/mol. The van der Waals surface area contributed by atoms with Crippen LogP contribution in [0.25, 0.3) is 0 Å². The van der Waals surface area contributed by atoms with Gasteiger partial charge < -0.3 is 9.64 Å². The van der Waals surface area contributed by atoms with Gasteiger partial charge in [-0.05, 0) is 59.7 Å². The Morgan fingerprint density at radius 1 is 1.33 bits per heavy atom. The fraction of sp³-hybridized carbons (Fsp3) is 0.643. The van der Waals surface area contributed by atoms with Crippen molar-refractivity contribution in [2.45, 2.75) is 32.2 Å². The van der Waals surface area contributed by atoms with E-state index < -0.39 is 0 Å². The summed E-state index contributed by atoms with van der Waals surface area (Å²) in [5, 5.41) is 0. The summed E-state index contributed by atoms with van der Waals surface area (Å²) in [7, 11) is 0. The van der Waals surface area contributed by atoms with Crippen molar-refractivity contribution in [3.63, 3.8) is 0 Å². The molecule has 2 fully saturated rings. The summed E-state index contributed by atoms with van der Waals surface area (Å²) >= 11 is 3.44. The highest BCUT2D eigenvalue weighted by Gasteiger charge is 2.45. The number of hydrogen-bond acceptors (Lipinski definition) is 3. The zero-order valence-electron chi connectivity index (χ0n) is 10.7. The molecule has 4 heteroatoms. The quantitative estimate of drug-likeness (QED) is 0.796. The Kier molecular flexibility index (Phi) is 3.32. The molecule has 18 heavy (non-hydrogen) atoms. The van der Waals surface area contributed by atoms with Gasteiger partial charge in [0.1, 0.15) is 5.82 Å². The van der Waals surface area contributed by atoms with E-state index in [2.05, 4.69) is 44.9 Å². The molecular weight excluding hydrogens is 292 g/mol. The fourth-order valence-corrected chi connectivity index (χ4v) is 3.61. The minimum atomic E-state index is 0.451. The molecule has 2 aliphatic heterocycles. The van der Waals surface area contributed by atoms with E-state index in [1.165, 1.54) is 19.3 Å². The van der Waals surface area contributed by atoms with Crippen molar-refractivity contribution in [1.82, 2.24) is 4.98 Å². The first-order valence-electron chi connectivity index (χ1n) is 6.67. The molecule has 0 saturated carbocycles. The van der Waals surface area contributed by atoms with Crippen LogP contribution >= 0.6 is 15.9 Å². The van der Waals surface area contributed by atoms with Crippen molar-refractivity contribution in [3.05, 3.63) is 22.8 Å². The number of hydrogen-bond donors (Lipinski definition) is 0. The molecule has 1 aromatic heterocycles. The topological polar surface area (TPSA) is 25.4 Å². The molecule has 0 bridgehead atoms. The number of nitrogens with zero attached hydrogens (tertiary/aromatic N) is 2. The van der Waals surface area contributed by atoms with E-state index in [9.17, 15) is 0 Å². The minimum Gasteiger partial charge on any atom is -0.381 e. The Hall–Kier alpha value is -0.610. The van der Waals surface area contributed by atoms with Gasteiger partial charge in [0.05, 0.1) is 0 Å². The summed E-state index contributed by atoms with van der Waals surface area (Å²) in [6.07, 6.45) is 5.55. The molecule has 1 spiro atoms. The van der Waals surface area contributed by atoms with Crippen LogP contribution in [-0.2, 0) is 4.74 Å². The molecule has 0 N–H and O–H groups in total. The van der Waals surface area contributed by atoms with E-state index in [1.54, 1.807) is 0 Å². The van der Waals surface area contributed by atoms with Gasteiger partial charge in [-0.1, -0.05) is 0 Å². The number of anilines is 1. The number of rotatable bonds is 1. The highest BCUT2D eigenvalue weighted by Crippen LogP contribution is 2.45. The summed E-state index contributed by atoms with van der Waals surface area (Å²) in [5.41, 5.74) is 0.451. The Morgan fingerprint density at radius 2 is 2.11 bits per heavy atom. The zero-order valence-corrected chi connectivity index (χ0v) is 12.3. The fourth-order valence-electron chi connectivity index (χ4n) is 3.37. The molecule has 2 aliphatic rings. The average Bonchev–Trinajstić information content (AvgIpc) is 2.70. The van der Waals surface area contributed by atoms with Gasteiger partial charge in [0.15, 0.2) is 0 Å². The lowest BCUT2D eigenvalue weighted by Gasteiger charge is -2.39. The van der Waals surface area contributed by atoms with Crippen molar-refractivity contribution in [3.8, 4) is 0 Å². The molecule has 1 unspecified atom stereocenters. The average molecular weight is 311 g/mol.